The van der Waals surface area contributed by atoms with E-state index in [4.69, 9.17) is 14.3 Å². The second kappa shape index (κ2) is 9.66. The number of hydrogen-bond donors (Lipinski definition) is 1. The van der Waals surface area contributed by atoms with Crippen LogP contribution >= 0.6 is 0 Å². The molecular formula is C21H20N2O7. The summed E-state index contributed by atoms with van der Waals surface area (Å²) in [6.07, 6.45) is -0.793. The van der Waals surface area contributed by atoms with E-state index >= 15 is 0 Å². The zero-order chi connectivity index (χ0) is 21.5. The second-order valence-corrected chi connectivity index (χ2v) is 6.40. The number of nitrogens with one attached hydrogen (secondary N) is 1. The molecule has 2 aromatic carbocycles. The Bertz CT molecular complexity index is 910. The highest BCUT2D eigenvalue weighted by Crippen LogP contribution is 2.23. The van der Waals surface area contributed by atoms with Crippen molar-refractivity contribution in [2.24, 2.45) is 0 Å². The van der Waals surface area contributed by atoms with Gasteiger partial charge in [0.05, 0.1) is 11.1 Å². The van der Waals surface area contributed by atoms with Crippen LogP contribution in [0.25, 0.3) is 0 Å². The lowest BCUT2D eigenvalue weighted by molar-refractivity contribution is -0.171. The highest BCUT2D eigenvalue weighted by Gasteiger charge is 2.40. The number of amides is 3. The van der Waals surface area contributed by atoms with Crippen LogP contribution in [0.15, 0.2) is 54.6 Å². The average Bonchev–Trinajstić information content (AvgIpc) is 3.01. The van der Waals surface area contributed by atoms with Gasteiger partial charge in [-0.2, -0.15) is 0 Å². The van der Waals surface area contributed by atoms with Crippen LogP contribution in [0.3, 0.4) is 0 Å². The third-order valence-electron chi connectivity index (χ3n) is 4.34. The molecular weight excluding hydrogens is 392 g/mol. The number of hydroxylamine groups is 2. The average molecular weight is 412 g/mol. The number of benzene rings is 2. The number of imide groups is 1. The van der Waals surface area contributed by atoms with E-state index in [1.165, 1.54) is 19.2 Å². The third kappa shape index (κ3) is 4.81. The Morgan fingerprint density at radius 2 is 1.57 bits per heavy atom. The molecule has 1 unspecified atom stereocenters. The fourth-order valence-electron chi connectivity index (χ4n) is 2.80. The van der Waals surface area contributed by atoms with Gasteiger partial charge in [-0.05, 0) is 17.7 Å². The molecule has 0 aromatic heterocycles. The van der Waals surface area contributed by atoms with Crippen LogP contribution in [-0.4, -0.2) is 48.7 Å². The number of rotatable bonds is 8. The van der Waals surface area contributed by atoms with Gasteiger partial charge >= 0.3 is 12.1 Å². The SMILES string of the molecule is COCCC(NC(=O)OCc1ccccc1)C(=O)ON1C(=O)c2ccccc2C1=O. The number of hydrogen-bond acceptors (Lipinski definition) is 7. The topological polar surface area (TPSA) is 111 Å². The molecule has 1 atom stereocenters. The maximum absolute atomic E-state index is 12.6. The van der Waals surface area contributed by atoms with Crippen molar-refractivity contribution in [1.82, 2.24) is 10.4 Å². The summed E-state index contributed by atoms with van der Waals surface area (Å²) in [5, 5.41) is 2.77. The molecule has 0 saturated heterocycles. The molecule has 2 aromatic rings. The summed E-state index contributed by atoms with van der Waals surface area (Å²) >= 11 is 0. The van der Waals surface area contributed by atoms with E-state index in [-0.39, 0.29) is 30.8 Å². The molecule has 3 rings (SSSR count). The Balaban J connectivity index is 1.62. The Morgan fingerprint density at radius 3 is 2.17 bits per heavy atom. The highest BCUT2D eigenvalue weighted by atomic mass is 16.7. The Labute approximate surface area is 172 Å². The number of nitrogens with zero attached hydrogens (tertiary/aromatic N) is 1. The number of alkyl carbamates (subject to hydrolysis) is 1. The van der Waals surface area contributed by atoms with Crippen molar-refractivity contribution in [3.05, 3.63) is 71.3 Å². The molecule has 0 fully saturated rings. The summed E-state index contributed by atoms with van der Waals surface area (Å²) in [4.78, 5) is 54.4. The summed E-state index contributed by atoms with van der Waals surface area (Å²) in [6, 6.07) is 13.9. The quantitative estimate of drug-likeness (QED) is 0.661. The first kappa shape index (κ1) is 21.0. The summed E-state index contributed by atoms with van der Waals surface area (Å²) in [5.41, 5.74) is 1.05. The molecule has 1 heterocycles. The van der Waals surface area contributed by atoms with Gasteiger partial charge in [-0.3, -0.25) is 9.59 Å². The third-order valence-corrected chi connectivity index (χ3v) is 4.34. The molecule has 9 heteroatoms. The zero-order valence-electron chi connectivity index (χ0n) is 16.2. The van der Waals surface area contributed by atoms with Gasteiger partial charge in [-0.1, -0.05) is 47.5 Å². The zero-order valence-corrected chi connectivity index (χ0v) is 16.2. The van der Waals surface area contributed by atoms with Crippen molar-refractivity contribution in [3.63, 3.8) is 0 Å². The lowest BCUT2D eigenvalue weighted by atomic mass is 10.1. The van der Waals surface area contributed by atoms with Crippen LogP contribution in [0.5, 0.6) is 0 Å². The molecule has 9 nitrogen and oxygen atoms in total. The van der Waals surface area contributed by atoms with Crippen LogP contribution in [0.4, 0.5) is 4.79 Å². The van der Waals surface area contributed by atoms with E-state index in [2.05, 4.69) is 5.32 Å². The van der Waals surface area contributed by atoms with Crippen LogP contribution in [-0.2, 0) is 25.7 Å². The summed E-state index contributed by atoms with van der Waals surface area (Å²) < 4.78 is 10.1. The number of carbonyl (C=O) groups is 4. The molecule has 0 bridgehead atoms. The van der Waals surface area contributed by atoms with Crippen molar-refractivity contribution in [3.8, 4) is 0 Å². The van der Waals surface area contributed by atoms with Crippen LogP contribution in [0, 0.1) is 0 Å². The standard InChI is InChI=1S/C21H20N2O7/c1-28-12-11-17(22-21(27)29-13-14-7-3-2-4-8-14)20(26)30-23-18(24)15-9-5-6-10-16(15)19(23)25/h2-10,17H,11-13H2,1H3,(H,22,27). The Morgan fingerprint density at radius 1 is 0.967 bits per heavy atom. The Hall–Kier alpha value is -3.72. The minimum atomic E-state index is -1.18. The van der Waals surface area contributed by atoms with Crippen molar-refractivity contribution < 1.29 is 33.5 Å². The number of ether oxygens (including phenoxy) is 2. The van der Waals surface area contributed by atoms with Gasteiger partial charge in [0.25, 0.3) is 11.8 Å². The molecule has 1 N–H and O–H groups in total. The van der Waals surface area contributed by atoms with Gasteiger partial charge < -0.3 is 19.6 Å². The van der Waals surface area contributed by atoms with Gasteiger partial charge in [-0.15, -0.1) is 0 Å². The molecule has 0 spiro atoms. The smallest absolute Gasteiger partial charge is 0.408 e. The number of methoxy groups -OCH3 is 1. The first-order valence-electron chi connectivity index (χ1n) is 9.17. The van der Waals surface area contributed by atoms with E-state index in [1.54, 1.807) is 36.4 Å². The van der Waals surface area contributed by atoms with Crippen LogP contribution in [0.2, 0.25) is 0 Å². The minimum absolute atomic E-state index is 0.0110. The van der Waals surface area contributed by atoms with Crippen molar-refractivity contribution in [2.45, 2.75) is 19.1 Å². The first-order chi connectivity index (χ1) is 14.5. The predicted octanol–water partition coefficient (Wildman–Crippen LogP) is 2.07. The summed E-state index contributed by atoms with van der Waals surface area (Å²) in [5.74, 6) is -2.49. The molecule has 0 saturated carbocycles. The highest BCUT2D eigenvalue weighted by molar-refractivity contribution is 6.20. The number of carbonyl (C=O) groups excluding carboxylic acids is 4. The monoisotopic (exact) mass is 412 g/mol. The van der Waals surface area contributed by atoms with E-state index in [9.17, 15) is 19.2 Å². The van der Waals surface area contributed by atoms with Crippen molar-refractivity contribution in [1.29, 1.82) is 0 Å². The van der Waals surface area contributed by atoms with Gasteiger partial charge in [0.15, 0.2) is 0 Å². The maximum atomic E-state index is 12.6. The maximum Gasteiger partial charge on any atom is 0.408 e. The predicted molar refractivity (Wildman–Crippen MR) is 103 cm³/mol. The fourth-order valence-corrected chi connectivity index (χ4v) is 2.80. The molecule has 30 heavy (non-hydrogen) atoms. The fraction of sp³-hybridized carbons (Fsp3) is 0.238. The largest absolute Gasteiger partial charge is 0.445 e. The number of fused-ring (bicyclic) bond motifs is 1. The van der Waals surface area contributed by atoms with Crippen molar-refractivity contribution in [2.75, 3.05) is 13.7 Å². The van der Waals surface area contributed by atoms with E-state index in [0.29, 0.717) is 5.06 Å². The Kier molecular flexibility index (Phi) is 6.76. The van der Waals surface area contributed by atoms with Crippen molar-refractivity contribution >= 4 is 23.9 Å². The van der Waals surface area contributed by atoms with Crippen LogP contribution in [0.1, 0.15) is 32.7 Å². The second-order valence-electron chi connectivity index (χ2n) is 6.40. The van der Waals surface area contributed by atoms with Gasteiger partial charge in [0.1, 0.15) is 12.6 Å². The molecule has 0 aliphatic carbocycles. The molecule has 0 radical (unpaired) electrons. The van der Waals surface area contributed by atoms with E-state index < -0.39 is 29.9 Å². The van der Waals surface area contributed by atoms with E-state index in [1.807, 2.05) is 6.07 Å². The van der Waals surface area contributed by atoms with Crippen LogP contribution < -0.4 is 5.32 Å². The molecule has 1 aliphatic rings. The van der Waals surface area contributed by atoms with Gasteiger partial charge in [0.2, 0.25) is 0 Å². The van der Waals surface area contributed by atoms with E-state index in [0.717, 1.165) is 5.56 Å². The lowest BCUT2D eigenvalue weighted by Gasteiger charge is -2.19. The first-order valence-corrected chi connectivity index (χ1v) is 9.17. The molecule has 3 amide bonds. The summed E-state index contributed by atoms with van der Waals surface area (Å²) in [6.45, 7) is 0.137. The lowest BCUT2D eigenvalue weighted by Crippen LogP contribution is -2.46. The minimum Gasteiger partial charge on any atom is -0.445 e. The molecule has 156 valence electrons. The molecule has 1 aliphatic heterocycles. The van der Waals surface area contributed by atoms with Gasteiger partial charge in [-0.25, -0.2) is 9.59 Å². The van der Waals surface area contributed by atoms with Gasteiger partial charge in [0, 0.05) is 20.1 Å². The summed E-state index contributed by atoms with van der Waals surface area (Å²) in [7, 11) is 1.43. The normalized spacial score (nSPS) is 13.6.